The van der Waals surface area contributed by atoms with Crippen LogP contribution in [0.5, 0.6) is 0 Å². The van der Waals surface area contributed by atoms with E-state index in [1.165, 1.54) is 7.11 Å². The molecule has 148 valence electrons. The highest BCUT2D eigenvalue weighted by Crippen LogP contribution is 2.46. The van der Waals surface area contributed by atoms with Gasteiger partial charge in [0.25, 0.3) is 0 Å². The lowest BCUT2D eigenvalue weighted by Gasteiger charge is -2.33. The van der Waals surface area contributed by atoms with Crippen molar-refractivity contribution in [2.45, 2.75) is 43.4 Å². The van der Waals surface area contributed by atoms with Gasteiger partial charge in [0.05, 0.1) is 26.9 Å². The third kappa shape index (κ3) is 3.45. The first-order valence-electron chi connectivity index (χ1n) is 7.79. The molecule has 10 nitrogen and oxygen atoms in total. The Balaban J connectivity index is 3.70. The molecule has 0 aromatic rings. The van der Waals surface area contributed by atoms with Gasteiger partial charge < -0.3 is 33.9 Å². The molecule has 0 bridgehead atoms. The van der Waals surface area contributed by atoms with Crippen molar-refractivity contribution in [1.29, 1.82) is 0 Å². The van der Waals surface area contributed by atoms with Gasteiger partial charge >= 0.3 is 17.9 Å². The Morgan fingerprint density at radius 2 is 1.65 bits per heavy atom. The van der Waals surface area contributed by atoms with Crippen molar-refractivity contribution in [2.24, 2.45) is 0 Å². The summed E-state index contributed by atoms with van der Waals surface area (Å²) >= 11 is 0. The molecule has 1 saturated heterocycles. The molecule has 0 spiro atoms. The van der Waals surface area contributed by atoms with Gasteiger partial charge in [-0.05, 0) is 0 Å². The number of carbonyl (C=O) groups is 3. The SMILES string of the molecule is CCC[C@@]1(OC)O[C@@](C(=O)OC)(/C(=C/C(=O)OC)C(=O)OC)[C@H](O)[C@H]1O. The van der Waals surface area contributed by atoms with Gasteiger partial charge in [-0.15, -0.1) is 0 Å². The molecule has 0 amide bonds. The van der Waals surface area contributed by atoms with E-state index < -0.39 is 47.1 Å². The van der Waals surface area contributed by atoms with Crippen LogP contribution in [0.2, 0.25) is 0 Å². The Bertz CT molecular complexity index is 586. The predicted octanol–water partition coefficient (Wildman–Crippen LogP) is -0.935. The number of carbonyl (C=O) groups excluding carboxylic acids is 3. The number of aliphatic hydroxyl groups excluding tert-OH is 2. The molecular weight excluding hydrogens is 352 g/mol. The smallest absolute Gasteiger partial charge is 0.346 e. The first kappa shape index (κ1) is 22.0. The number of hydrogen-bond donors (Lipinski definition) is 2. The fraction of sp³-hybridized carbons (Fsp3) is 0.688. The van der Waals surface area contributed by atoms with Gasteiger partial charge in [0.15, 0.2) is 5.79 Å². The Kier molecular flexibility index (Phi) is 7.27. The Morgan fingerprint density at radius 3 is 2.08 bits per heavy atom. The van der Waals surface area contributed by atoms with Gasteiger partial charge in [-0.25, -0.2) is 14.4 Å². The molecule has 1 aliphatic rings. The zero-order valence-corrected chi connectivity index (χ0v) is 15.3. The van der Waals surface area contributed by atoms with Crippen LogP contribution in [-0.4, -0.2) is 80.2 Å². The fourth-order valence-corrected chi connectivity index (χ4v) is 2.91. The molecule has 26 heavy (non-hydrogen) atoms. The van der Waals surface area contributed by atoms with Crippen LogP contribution in [-0.2, 0) is 38.1 Å². The lowest BCUT2D eigenvalue weighted by Crippen LogP contribution is -2.54. The first-order chi connectivity index (χ1) is 12.2. The monoisotopic (exact) mass is 376 g/mol. The van der Waals surface area contributed by atoms with Gasteiger partial charge in [-0.2, -0.15) is 0 Å². The average molecular weight is 376 g/mol. The van der Waals surface area contributed by atoms with E-state index in [0.29, 0.717) is 12.5 Å². The van der Waals surface area contributed by atoms with E-state index in [1.807, 2.05) is 0 Å². The van der Waals surface area contributed by atoms with Crippen molar-refractivity contribution >= 4 is 17.9 Å². The summed E-state index contributed by atoms with van der Waals surface area (Å²) < 4.78 is 24.6. The highest BCUT2D eigenvalue weighted by Gasteiger charge is 2.69. The van der Waals surface area contributed by atoms with Crippen LogP contribution >= 0.6 is 0 Å². The number of esters is 3. The maximum Gasteiger partial charge on any atom is 0.346 e. The van der Waals surface area contributed by atoms with E-state index in [9.17, 15) is 24.6 Å². The predicted molar refractivity (Wildman–Crippen MR) is 84.6 cm³/mol. The third-order valence-corrected chi connectivity index (χ3v) is 4.20. The zero-order valence-electron chi connectivity index (χ0n) is 15.3. The quantitative estimate of drug-likeness (QED) is 0.325. The van der Waals surface area contributed by atoms with Gasteiger partial charge in [0.1, 0.15) is 12.2 Å². The fourth-order valence-electron chi connectivity index (χ4n) is 2.91. The number of hydrogen-bond acceptors (Lipinski definition) is 10. The van der Waals surface area contributed by atoms with Crippen molar-refractivity contribution in [3.8, 4) is 0 Å². The number of ether oxygens (including phenoxy) is 5. The Labute approximate surface area is 150 Å². The van der Waals surface area contributed by atoms with Crippen LogP contribution in [0.1, 0.15) is 19.8 Å². The molecule has 0 aromatic carbocycles. The maximum absolute atomic E-state index is 12.6. The van der Waals surface area contributed by atoms with Crippen LogP contribution < -0.4 is 0 Å². The summed E-state index contributed by atoms with van der Waals surface area (Å²) in [6.45, 7) is 1.76. The average Bonchev–Trinajstić information content (AvgIpc) is 2.88. The molecule has 1 fully saturated rings. The summed E-state index contributed by atoms with van der Waals surface area (Å²) in [7, 11) is 4.26. The van der Waals surface area contributed by atoms with E-state index in [-0.39, 0.29) is 6.42 Å². The largest absolute Gasteiger partial charge is 0.467 e. The molecule has 0 unspecified atom stereocenters. The molecule has 1 heterocycles. The normalized spacial score (nSPS) is 31.4. The van der Waals surface area contributed by atoms with Crippen molar-refractivity contribution in [3.63, 3.8) is 0 Å². The summed E-state index contributed by atoms with van der Waals surface area (Å²) in [5.41, 5.74) is -3.25. The summed E-state index contributed by atoms with van der Waals surface area (Å²) in [6, 6.07) is 0. The first-order valence-corrected chi connectivity index (χ1v) is 7.79. The standard InChI is InChI=1S/C16H24O10/c1-6-7-15(25-5)11(18)12(19)16(26-15,14(21)24-4)9(13(20)23-3)8-10(17)22-2/h8,11-12,18-19H,6-7H2,1-5H3/b9-8+/t11-,12-,15-,16+/m1/s1. The summed E-state index contributed by atoms with van der Waals surface area (Å²) in [5, 5.41) is 21.2. The summed E-state index contributed by atoms with van der Waals surface area (Å²) in [4.78, 5) is 36.5. The number of methoxy groups -OCH3 is 4. The highest BCUT2D eigenvalue weighted by molar-refractivity contribution is 6.05. The van der Waals surface area contributed by atoms with Gasteiger partial charge in [0.2, 0.25) is 5.60 Å². The van der Waals surface area contributed by atoms with E-state index >= 15 is 0 Å². The molecule has 1 aliphatic heterocycles. The van der Waals surface area contributed by atoms with Gasteiger partial charge in [-0.1, -0.05) is 13.3 Å². The molecule has 2 N–H and O–H groups in total. The molecule has 0 saturated carbocycles. The van der Waals surface area contributed by atoms with E-state index in [4.69, 9.17) is 9.47 Å². The second-order valence-corrected chi connectivity index (χ2v) is 5.56. The minimum absolute atomic E-state index is 0.0765. The van der Waals surface area contributed by atoms with Crippen LogP contribution in [0.25, 0.3) is 0 Å². The van der Waals surface area contributed by atoms with Crippen LogP contribution in [0.4, 0.5) is 0 Å². The van der Waals surface area contributed by atoms with Crippen LogP contribution in [0.15, 0.2) is 11.6 Å². The highest BCUT2D eigenvalue weighted by atomic mass is 16.7. The van der Waals surface area contributed by atoms with E-state index in [0.717, 1.165) is 21.3 Å². The van der Waals surface area contributed by atoms with Crippen molar-refractivity contribution in [2.75, 3.05) is 28.4 Å². The van der Waals surface area contributed by atoms with Gasteiger partial charge in [0, 0.05) is 19.6 Å². The number of rotatable bonds is 7. The van der Waals surface area contributed by atoms with E-state index in [1.54, 1.807) is 6.92 Å². The zero-order chi connectivity index (χ0) is 20.1. The van der Waals surface area contributed by atoms with Crippen molar-refractivity contribution in [1.82, 2.24) is 0 Å². The molecule has 4 atom stereocenters. The minimum Gasteiger partial charge on any atom is -0.467 e. The second-order valence-electron chi connectivity index (χ2n) is 5.56. The Hall–Kier alpha value is -2.01. The lowest BCUT2D eigenvalue weighted by atomic mass is 9.85. The molecular formula is C16H24O10. The van der Waals surface area contributed by atoms with Gasteiger partial charge in [-0.3, -0.25) is 0 Å². The summed E-state index contributed by atoms with van der Waals surface area (Å²) in [5.74, 6) is -5.20. The number of aliphatic hydroxyl groups is 2. The van der Waals surface area contributed by atoms with Crippen molar-refractivity contribution in [3.05, 3.63) is 11.6 Å². The topological polar surface area (TPSA) is 138 Å². The molecule has 0 aliphatic carbocycles. The second kappa shape index (κ2) is 8.58. The summed E-state index contributed by atoms with van der Waals surface area (Å²) in [6.07, 6.45) is -2.55. The van der Waals surface area contributed by atoms with Crippen molar-refractivity contribution < 1.29 is 48.3 Å². The maximum atomic E-state index is 12.6. The third-order valence-electron chi connectivity index (χ3n) is 4.20. The molecule has 0 aromatic heterocycles. The molecule has 10 heteroatoms. The Morgan fingerprint density at radius 1 is 1.04 bits per heavy atom. The van der Waals surface area contributed by atoms with E-state index in [2.05, 4.69) is 14.2 Å². The lowest BCUT2D eigenvalue weighted by molar-refractivity contribution is -0.262. The minimum atomic E-state index is -2.55. The molecule has 1 rings (SSSR count). The van der Waals surface area contributed by atoms with Crippen LogP contribution in [0, 0.1) is 0 Å². The molecule has 0 radical (unpaired) electrons. The van der Waals surface area contributed by atoms with Crippen LogP contribution in [0.3, 0.4) is 0 Å².